The fourth-order valence-electron chi connectivity index (χ4n) is 8.18. The summed E-state index contributed by atoms with van der Waals surface area (Å²) in [5.74, 6) is 3.96. The third-order valence-corrected chi connectivity index (χ3v) is 9.65. The SMILES string of the molecule is C[C@@H](CCC(=O)O)[C@@H]1CC[C@@H]2[C@@H]3C=C[C@@H]4CCCC[C@]4(C)[C@H]3CC[C@@]21C. The molecule has 1 N–H and O–H groups in total. The quantitative estimate of drug-likeness (QED) is 0.598. The fourth-order valence-corrected chi connectivity index (χ4v) is 8.18. The number of carbonyl (C=O) groups is 1. The van der Waals surface area contributed by atoms with E-state index in [2.05, 4.69) is 32.9 Å². The molecule has 2 nitrogen and oxygen atoms in total. The lowest BCUT2D eigenvalue weighted by atomic mass is 9.46. The van der Waals surface area contributed by atoms with Crippen molar-refractivity contribution in [2.45, 2.75) is 85.0 Å². The highest BCUT2D eigenvalue weighted by Crippen LogP contribution is 2.66. The number of carboxylic acids is 1. The fraction of sp³-hybridized carbons (Fsp3) is 0.875. The molecule has 0 amide bonds. The molecule has 0 bridgehead atoms. The highest BCUT2D eigenvalue weighted by Gasteiger charge is 2.58. The van der Waals surface area contributed by atoms with Crippen LogP contribution in [0.1, 0.15) is 85.0 Å². The second-order valence-electron chi connectivity index (χ2n) is 10.7. The monoisotopic (exact) mass is 358 g/mol. The molecule has 4 aliphatic rings. The van der Waals surface area contributed by atoms with E-state index in [1.54, 1.807) is 0 Å². The molecule has 0 saturated heterocycles. The number of aliphatic carboxylic acids is 1. The number of carboxylic acid groups (broad SMARTS) is 1. The molecule has 0 aliphatic heterocycles. The number of hydrogen-bond acceptors (Lipinski definition) is 1. The molecular formula is C24H38O2. The van der Waals surface area contributed by atoms with Gasteiger partial charge in [-0.3, -0.25) is 4.79 Å². The minimum Gasteiger partial charge on any atom is -0.481 e. The molecule has 0 spiro atoms. The van der Waals surface area contributed by atoms with E-state index in [1.165, 1.54) is 51.4 Å². The minimum atomic E-state index is -0.633. The maximum atomic E-state index is 11.0. The minimum absolute atomic E-state index is 0.337. The molecule has 8 atom stereocenters. The van der Waals surface area contributed by atoms with Gasteiger partial charge < -0.3 is 5.11 Å². The summed E-state index contributed by atoms with van der Waals surface area (Å²) in [6, 6.07) is 0. The van der Waals surface area contributed by atoms with Crippen molar-refractivity contribution in [2.75, 3.05) is 0 Å². The Labute approximate surface area is 159 Å². The highest BCUT2D eigenvalue weighted by atomic mass is 16.4. The lowest BCUT2D eigenvalue weighted by Gasteiger charge is -2.58. The van der Waals surface area contributed by atoms with Crippen molar-refractivity contribution in [2.24, 2.45) is 46.3 Å². The van der Waals surface area contributed by atoms with Gasteiger partial charge in [0.25, 0.3) is 0 Å². The van der Waals surface area contributed by atoms with E-state index < -0.39 is 5.97 Å². The average molecular weight is 359 g/mol. The second kappa shape index (κ2) is 6.67. The summed E-state index contributed by atoms with van der Waals surface area (Å²) in [7, 11) is 0. The van der Waals surface area contributed by atoms with Crippen LogP contribution >= 0.6 is 0 Å². The van der Waals surface area contributed by atoms with Crippen molar-refractivity contribution in [3.63, 3.8) is 0 Å². The van der Waals surface area contributed by atoms with Gasteiger partial charge in [0.1, 0.15) is 0 Å². The van der Waals surface area contributed by atoms with E-state index >= 15 is 0 Å². The van der Waals surface area contributed by atoms with Gasteiger partial charge >= 0.3 is 5.97 Å². The molecular weight excluding hydrogens is 320 g/mol. The molecule has 0 heterocycles. The number of fused-ring (bicyclic) bond motifs is 5. The Bertz CT molecular complexity index is 581. The van der Waals surface area contributed by atoms with Gasteiger partial charge in [0.2, 0.25) is 0 Å². The molecule has 0 radical (unpaired) electrons. The van der Waals surface area contributed by atoms with Crippen LogP contribution in [0.4, 0.5) is 0 Å². The summed E-state index contributed by atoms with van der Waals surface area (Å²) in [5, 5.41) is 9.09. The molecule has 0 aromatic carbocycles. The first-order valence-corrected chi connectivity index (χ1v) is 11.3. The zero-order chi connectivity index (χ0) is 18.5. The van der Waals surface area contributed by atoms with E-state index in [9.17, 15) is 4.79 Å². The summed E-state index contributed by atoms with van der Waals surface area (Å²) in [6.45, 7) is 7.50. The summed E-state index contributed by atoms with van der Waals surface area (Å²) >= 11 is 0. The molecule has 3 saturated carbocycles. The van der Waals surface area contributed by atoms with Gasteiger partial charge in [-0.05, 0) is 91.3 Å². The van der Waals surface area contributed by atoms with Gasteiger partial charge in [-0.25, -0.2) is 0 Å². The van der Waals surface area contributed by atoms with E-state index in [-0.39, 0.29) is 0 Å². The lowest BCUT2D eigenvalue weighted by Crippen LogP contribution is -2.51. The van der Waals surface area contributed by atoms with Crippen LogP contribution in [0, 0.1) is 46.3 Å². The average Bonchev–Trinajstić information content (AvgIpc) is 2.96. The Morgan fingerprint density at radius 2 is 1.81 bits per heavy atom. The molecule has 0 aromatic rings. The van der Waals surface area contributed by atoms with Crippen molar-refractivity contribution in [3.8, 4) is 0 Å². The largest absolute Gasteiger partial charge is 0.481 e. The highest BCUT2D eigenvalue weighted by molar-refractivity contribution is 5.66. The first-order valence-electron chi connectivity index (χ1n) is 11.3. The van der Waals surface area contributed by atoms with E-state index in [4.69, 9.17) is 5.11 Å². The maximum Gasteiger partial charge on any atom is 0.303 e. The predicted octanol–water partition coefficient (Wildman–Crippen LogP) is 6.31. The van der Waals surface area contributed by atoms with Gasteiger partial charge in [0.05, 0.1) is 0 Å². The number of allylic oxidation sites excluding steroid dienone is 2. The van der Waals surface area contributed by atoms with Crippen LogP contribution in [0.15, 0.2) is 12.2 Å². The third-order valence-electron chi connectivity index (χ3n) is 9.65. The van der Waals surface area contributed by atoms with Crippen molar-refractivity contribution in [1.82, 2.24) is 0 Å². The van der Waals surface area contributed by atoms with Gasteiger partial charge in [0, 0.05) is 6.42 Å². The van der Waals surface area contributed by atoms with Crippen molar-refractivity contribution in [3.05, 3.63) is 12.2 Å². The molecule has 4 rings (SSSR count). The second-order valence-corrected chi connectivity index (χ2v) is 10.7. The molecule has 3 fully saturated rings. The standard InChI is InChI=1S/C24H38O2/c1-16(7-12-22(25)26)19-10-11-20-18-9-8-17-6-4-5-14-23(17,2)21(18)13-15-24(19,20)3/h8-9,16-21H,4-7,10-15H2,1-3H3,(H,25,26)/t16-,17-,18-,19-,20+,21-,23-,24+/m0/s1. The third kappa shape index (κ3) is 2.78. The lowest BCUT2D eigenvalue weighted by molar-refractivity contribution is -0.137. The summed E-state index contributed by atoms with van der Waals surface area (Å²) < 4.78 is 0. The van der Waals surface area contributed by atoms with Crippen LogP contribution in [0.5, 0.6) is 0 Å². The molecule has 0 aromatic heterocycles. The van der Waals surface area contributed by atoms with Crippen LogP contribution in [-0.4, -0.2) is 11.1 Å². The Morgan fingerprint density at radius 1 is 1.04 bits per heavy atom. The maximum absolute atomic E-state index is 11.0. The zero-order valence-electron chi connectivity index (χ0n) is 17.0. The van der Waals surface area contributed by atoms with Gasteiger partial charge in [-0.2, -0.15) is 0 Å². The zero-order valence-corrected chi connectivity index (χ0v) is 17.0. The van der Waals surface area contributed by atoms with Crippen LogP contribution in [0.3, 0.4) is 0 Å². The van der Waals surface area contributed by atoms with Gasteiger partial charge in [-0.15, -0.1) is 0 Å². The Morgan fingerprint density at radius 3 is 2.58 bits per heavy atom. The first-order chi connectivity index (χ1) is 12.4. The molecule has 26 heavy (non-hydrogen) atoms. The van der Waals surface area contributed by atoms with Crippen molar-refractivity contribution < 1.29 is 9.90 Å². The Kier molecular flexibility index (Phi) is 4.77. The number of rotatable bonds is 4. The van der Waals surface area contributed by atoms with Crippen LogP contribution in [0.25, 0.3) is 0 Å². The van der Waals surface area contributed by atoms with Crippen LogP contribution < -0.4 is 0 Å². The van der Waals surface area contributed by atoms with E-state index in [0.29, 0.717) is 23.2 Å². The van der Waals surface area contributed by atoms with E-state index in [1.807, 2.05) is 0 Å². The van der Waals surface area contributed by atoms with E-state index in [0.717, 1.165) is 36.0 Å². The number of hydrogen-bond donors (Lipinski definition) is 1. The Hall–Kier alpha value is -0.790. The molecule has 0 unspecified atom stereocenters. The summed E-state index contributed by atoms with van der Waals surface area (Å²) in [4.78, 5) is 11.0. The van der Waals surface area contributed by atoms with Crippen LogP contribution in [-0.2, 0) is 4.79 Å². The smallest absolute Gasteiger partial charge is 0.303 e. The van der Waals surface area contributed by atoms with Crippen molar-refractivity contribution in [1.29, 1.82) is 0 Å². The van der Waals surface area contributed by atoms with Crippen LogP contribution in [0.2, 0.25) is 0 Å². The Balaban J connectivity index is 1.55. The molecule has 146 valence electrons. The summed E-state index contributed by atoms with van der Waals surface area (Å²) in [5.41, 5.74) is 0.979. The molecule has 4 aliphatic carbocycles. The topological polar surface area (TPSA) is 37.3 Å². The van der Waals surface area contributed by atoms with Gasteiger partial charge in [-0.1, -0.05) is 45.8 Å². The normalized spacial score (nSPS) is 48.3. The predicted molar refractivity (Wildman–Crippen MR) is 106 cm³/mol. The summed E-state index contributed by atoms with van der Waals surface area (Å²) in [6.07, 6.45) is 17.6. The molecule has 2 heteroatoms. The first kappa shape index (κ1) is 18.6. The van der Waals surface area contributed by atoms with Crippen molar-refractivity contribution >= 4 is 5.97 Å². The van der Waals surface area contributed by atoms with Gasteiger partial charge in [0.15, 0.2) is 0 Å².